The number of benzene rings is 2. The van der Waals surface area contributed by atoms with Crippen LogP contribution in [0.15, 0.2) is 59.1 Å². The molecular formula is C24H18ClFN4O2. The van der Waals surface area contributed by atoms with Gasteiger partial charge in [0.05, 0.1) is 11.3 Å². The Hall–Kier alpha value is -3.63. The monoisotopic (exact) mass is 448 g/mol. The molecule has 0 bridgehead atoms. The van der Waals surface area contributed by atoms with Crippen LogP contribution in [0.4, 0.5) is 15.8 Å². The molecule has 0 radical (unpaired) electrons. The molecule has 1 unspecified atom stereocenters. The van der Waals surface area contributed by atoms with E-state index in [4.69, 9.17) is 17.3 Å². The van der Waals surface area contributed by atoms with E-state index >= 15 is 0 Å². The lowest BCUT2D eigenvalue weighted by Crippen LogP contribution is -2.50. The number of rotatable bonds is 1. The predicted molar refractivity (Wildman–Crippen MR) is 118 cm³/mol. The zero-order valence-electron chi connectivity index (χ0n) is 17.1. The Labute approximate surface area is 188 Å². The number of nitrogens with zero attached hydrogens (tertiary/aromatic N) is 2. The molecule has 0 fully saturated rings. The number of nitriles is 1. The number of nitrogens with two attached hydrogens (primary N) is 1. The van der Waals surface area contributed by atoms with Gasteiger partial charge in [0.2, 0.25) is 5.91 Å². The second-order valence-electron chi connectivity index (χ2n) is 8.08. The van der Waals surface area contributed by atoms with E-state index in [9.17, 15) is 19.2 Å². The Balaban J connectivity index is 1.91. The molecule has 0 saturated carbocycles. The summed E-state index contributed by atoms with van der Waals surface area (Å²) < 4.78 is 14.3. The molecule has 1 amide bonds. The Morgan fingerprint density at radius 3 is 2.78 bits per heavy atom. The Bertz CT molecular complexity index is 1340. The maximum absolute atomic E-state index is 14.3. The van der Waals surface area contributed by atoms with Gasteiger partial charge >= 0.3 is 0 Å². The van der Waals surface area contributed by atoms with Crippen LogP contribution < -0.4 is 16.0 Å². The molecule has 2 aromatic rings. The van der Waals surface area contributed by atoms with E-state index in [-0.39, 0.29) is 34.7 Å². The van der Waals surface area contributed by atoms with Crippen molar-refractivity contribution in [3.63, 3.8) is 0 Å². The van der Waals surface area contributed by atoms with Gasteiger partial charge in [0.1, 0.15) is 23.1 Å². The van der Waals surface area contributed by atoms with Crippen molar-refractivity contribution < 1.29 is 14.0 Å². The number of carbonyl (C=O) groups excluding carboxylic acids is 2. The van der Waals surface area contributed by atoms with Gasteiger partial charge in [-0.2, -0.15) is 5.26 Å². The van der Waals surface area contributed by atoms with Crippen LogP contribution in [-0.4, -0.2) is 11.7 Å². The van der Waals surface area contributed by atoms with Gasteiger partial charge in [0.15, 0.2) is 5.78 Å². The smallest absolute Gasteiger partial charge is 0.245 e. The molecule has 0 aromatic heterocycles. The number of allylic oxidation sites excluding steroid dienone is 1. The molecule has 3 aliphatic rings. The number of amides is 1. The fourth-order valence-electron chi connectivity index (χ4n) is 5.08. The van der Waals surface area contributed by atoms with Crippen molar-refractivity contribution in [3.05, 3.63) is 81.0 Å². The summed E-state index contributed by atoms with van der Waals surface area (Å²) >= 11 is 6.35. The first-order chi connectivity index (χ1) is 15.3. The van der Waals surface area contributed by atoms with Gasteiger partial charge in [-0.1, -0.05) is 17.7 Å². The topological polar surface area (TPSA) is 99.2 Å². The summed E-state index contributed by atoms with van der Waals surface area (Å²) in [4.78, 5) is 28.5. The molecule has 2 aromatic carbocycles. The van der Waals surface area contributed by atoms with Gasteiger partial charge in [-0.25, -0.2) is 4.39 Å². The van der Waals surface area contributed by atoms with E-state index in [0.717, 1.165) is 5.56 Å². The molecule has 6 nitrogen and oxygen atoms in total. The predicted octanol–water partition coefficient (Wildman–Crippen LogP) is 4.20. The Kier molecular flexibility index (Phi) is 4.40. The number of halogens is 2. The first kappa shape index (κ1) is 20.3. The van der Waals surface area contributed by atoms with Crippen LogP contribution in [0, 0.1) is 24.1 Å². The van der Waals surface area contributed by atoms with Gasteiger partial charge < -0.3 is 11.1 Å². The maximum atomic E-state index is 14.3. The van der Waals surface area contributed by atoms with Gasteiger partial charge in [-0.15, -0.1) is 0 Å². The standard InChI is InChI=1S/C24H18ClFN4O2/c1-12-16(25)4-2-5-18(12)30-19-6-3-7-20(31)21(19)24(15(11-27)22(30)28)14-10-13(26)8-9-17(14)29-23(24)32/h2,4-5,8-10H,3,6-7,28H2,1H3,(H,29,32). The van der Waals surface area contributed by atoms with Crippen LogP contribution in [0.3, 0.4) is 0 Å². The summed E-state index contributed by atoms with van der Waals surface area (Å²) in [6.07, 6.45) is 1.25. The number of fused-ring (bicyclic) bond motifs is 3. The van der Waals surface area contributed by atoms with Crippen LogP contribution in [-0.2, 0) is 15.0 Å². The molecule has 1 aliphatic carbocycles. The van der Waals surface area contributed by atoms with E-state index in [1.807, 2.05) is 6.92 Å². The Morgan fingerprint density at radius 1 is 1.25 bits per heavy atom. The van der Waals surface area contributed by atoms with E-state index in [2.05, 4.69) is 11.4 Å². The number of hydrogen-bond donors (Lipinski definition) is 2. The van der Waals surface area contributed by atoms with Crippen molar-refractivity contribution in [2.75, 3.05) is 10.2 Å². The van der Waals surface area contributed by atoms with Gasteiger partial charge in [-0.3, -0.25) is 14.5 Å². The average molecular weight is 449 g/mol. The number of anilines is 2. The second kappa shape index (κ2) is 6.94. The Morgan fingerprint density at radius 2 is 2.03 bits per heavy atom. The van der Waals surface area contributed by atoms with Crippen molar-refractivity contribution in [2.45, 2.75) is 31.6 Å². The summed E-state index contributed by atoms with van der Waals surface area (Å²) in [7, 11) is 0. The first-order valence-corrected chi connectivity index (χ1v) is 10.5. The normalized spacial score (nSPS) is 22.1. The van der Waals surface area contributed by atoms with Crippen LogP contribution in [0.2, 0.25) is 5.02 Å². The lowest BCUT2D eigenvalue weighted by molar-refractivity contribution is -0.122. The average Bonchev–Trinajstić information content (AvgIpc) is 3.03. The number of Topliss-reactive ketones (excluding diaryl/α,β-unsaturated/α-hetero) is 1. The van der Waals surface area contributed by atoms with Gasteiger partial charge in [0, 0.05) is 34.0 Å². The minimum Gasteiger partial charge on any atom is -0.384 e. The fourth-order valence-corrected chi connectivity index (χ4v) is 5.25. The molecule has 8 heteroatoms. The minimum atomic E-state index is -1.79. The first-order valence-electron chi connectivity index (χ1n) is 10.2. The minimum absolute atomic E-state index is 0.0265. The molecule has 32 heavy (non-hydrogen) atoms. The second-order valence-corrected chi connectivity index (χ2v) is 8.49. The highest BCUT2D eigenvalue weighted by atomic mass is 35.5. The summed E-state index contributed by atoms with van der Waals surface area (Å²) in [6, 6.07) is 11.2. The number of nitrogens with one attached hydrogen (secondary N) is 1. The molecular weight excluding hydrogens is 431 g/mol. The van der Waals surface area contributed by atoms with Crippen LogP contribution in [0.5, 0.6) is 0 Å². The van der Waals surface area contributed by atoms with Crippen molar-refractivity contribution >= 4 is 34.7 Å². The largest absolute Gasteiger partial charge is 0.384 e. The number of ketones is 1. The van der Waals surface area contributed by atoms with E-state index in [1.54, 1.807) is 23.1 Å². The highest BCUT2D eigenvalue weighted by Gasteiger charge is 2.60. The van der Waals surface area contributed by atoms with Crippen LogP contribution in [0.25, 0.3) is 0 Å². The van der Waals surface area contributed by atoms with Crippen LogP contribution in [0.1, 0.15) is 30.4 Å². The number of carbonyl (C=O) groups is 2. The zero-order valence-corrected chi connectivity index (χ0v) is 17.9. The van der Waals surface area contributed by atoms with Crippen molar-refractivity contribution in [1.82, 2.24) is 0 Å². The van der Waals surface area contributed by atoms with Crippen molar-refractivity contribution in [3.8, 4) is 6.07 Å². The molecule has 160 valence electrons. The van der Waals surface area contributed by atoms with E-state index in [1.165, 1.54) is 18.2 Å². The van der Waals surface area contributed by atoms with E-state index in [0.29, 0.717) is 34.9 Å². The third-order valence-corrected chi connectivity index (χ3v) is 6.88. The molecule has 2 heterocycles. The lowest BCUT2D eigenvalue weighted by Gasteiger charge is -2.44. The quantitative estimate of drug-likeness (QED) is 0.681. The maximum Gasteiger partial charge on any atom is 0.245 e. The third kappa shape index (κ3) is 2.44. The molecule has 3 N–H and O–H groups in total. The SMILES string of the molecule is Cc1c(Cl)cccc1N1C(N)=C(C#N)C2(C(=O)Nc3ccc(F)cc32)C2=C1CCCC2=O. The fraction of sp³-hybridized carbons (Fsp3) is 0.208. The molecule has 1 atom stereocenters. The van der Waals surface area contributed by atoms with Crippen molar-refractivity contribution in [1.29, 1.82) is 5.26 Å². The van der Waals surface area contributed by atoms with Crippen molar-refractivity contribution in [2.24, 2.45) is 5.73 Å². The zero-order chi connectivity index (χ0) is 22.8. The molecule has 5 rings (SSSR count). The van der Waals surface area contributed by atoms with Gasteiger partial charge in [-0.05, 0) is 55.7 Å². The molecule has 1 spiro atoms. The van der Waals surface area contributed by atoms with Gasteiger partial charge in [0.25, 0.3) is 0 Å². The summed E-state index contributed by atoms with van der Waals surface area (Å²) in [5, 5.41) is 13.4. The van der Waals surface area contributed by atoms with Crippen LogP contribution >= 0.6 is 11.6 Å². The number of hydrogen-bond acceptors (Lipinski definition) is 5. The highest BCUT2D eigenvalue weighted by Crippen LogP contribution is 2.55. The molecule has 2 aliphatic heterocycles. The lowest BCUT2D eigenvalue weighted by atomic mass is 9.64. The summed E-state index contributed by atoms with van der Waals surface area (Å²) in [5.41, 5.74) is 7.32. The van der Waals surface area contributed by atoms with E-state index < -0.39 is 17.1 Å². The summed E-state index contributed by atoms with van der Waals surface area (Å²) in [6.45, 7) is 1.82. The summed E-state index contributed by atoms with van der Waals surface area (Å²) in [5.74, 6) is -1.39. The highest BCUT2D eigenvalue weighted by molar-refractivity contribution is 6.31. The molecule has 0 saturated heterocycles. The third-order valence-electron chi connectivity index (χ3n) is 6.47.